The SMILES string of the molecule is Cc1ccc(C(=O)NC2CC2)cc1-c1ccc2nc(N[C@@H](Cc3ccccc3)C(=O)O)ncc2c1. The number of carbonyl (C=O) groups is 2. The molecule has 7 heteroatoms. The van der Waals surface area contributed by atoms with E-state index in [4.69, 9.17) is 0 Å². The van der Waals surface area contributed by atoms with Crippen LogP contribution in [0.2, 0.25) is 0 Å². The third-order valence-corrected chi connectivity index (χ3v) is 6.19. The van der Waals surface area contributed by atoms with Gasteiger partial charge in [0.1, 0.15) is 6.04 Å². The van der Waals surface area contributed by atoms with E-state index in [1.165, 1.54) is 0 Å². The van der Waals surface area contributed by atoms with Crippen LogP contribution in [0, 0.1) is 6.92 Å². The van der Waals surface area contributed by atoms with Gasteiger partial charge in [-0.15, -0.1) is 0 Å². The van der Waals surface area contributed by atoms with E-state index in [0.29, 0.717) is 23.5 Å². The quantitative estimate of drug-likeness (QED) is 0.350. The van der Waals surface area contributed by atoms with Crippen LogP contribution in [-0.4, -0.2) is 39.0 Å². The van der Waals surface area contributed by atoms with Crippen LogP contribution in [0.15, 0.2) is 72.9 Å². The first kappa shape index (κ1) is 22.5. The van der Waals surface area contributed by atoms with Crippen LogP contribution in [0.4, 0.5) is 5.95 Å². The van der Waals surface area contributed by atoms with Gasteiger partial charge >= 0.3 is 5.97 Å². The Morgan fingerprint density at radius 1 is 1.06 bits per heavy atom. The zero-order valence-electron chi connectivity index (χ0n) is 19.4. The first-order chi connectivity index (χ1) is 17.0. The van der Waals surface area contributed by atoms with Gasteiger partial charge in [-0.1, -0.05) is 42.5 Å². The third kappa shape index (κ3) is 5.30. The zero-order valence-corrected chi connectivity index (χ0v) is 19.4. The summed E-state index contributed by atoms with van der Waals surface area (Å²) < 4.78 is 0. The molecule has 0 bridgehead atoms. The largest absolute Gasteiger partial charge is 0.480 e. The highest BCUT2D eigenvalue weighted by molar-refractivity contribution is 5.96. The van der Waals surface area contributed by atoms with Crippen molar-refractivity contribution in [1.29, 1.82) is 0 Å². The van der Waals surface area contributed by atoms with E-state index < -0.39 is 12.0 Å². The maximum Gasteiger partial charge on any atom is 0.326 e. The minimum absolute atomic E-state index is 0.0444. The van der Waals surface area contributed by atoms with Crippen molar-refractivity contribution in [2.45, 2.75) is 38.3 Å². The molecule has 1 fully saturated rings. The van der Waals surface area contributed by atoms with Gasteiger partial charge < -0.3 is 15.7 Å². The topological polar surface area (TPSA) is 104 Å². The normalized spacial score (nSPS) is 13.9. The third-order valence-electron chi connectivity index (χ3n) is 6.19. The smallest absolute Gasteiger partial charge is 0.326 e. The van der Waals surface area contributed by atoms with Gasteiger partial charge in [0.05, 0.1) is 5.52 Å². The number of carboxylic acid groups (broad SMARTS) is 1. The number of nitrogens with zero attached hydrogens (tertiary/aromatic N) is 2. The van der Waals surface area contributed by atoms with Crippen molar-refractivity contribution < 1.29 is 14.7 Å². The minimum atomic E-state index is -0.964. The molecule has 35 heavy (non-hydrogen) atoms. The number of fused-ring (bicyclic) bond motifs is 1. The summed E-state index contributed by atoms with van der Waals surface area (Å²) in [5.74, 6) is -0.741. The van der Waals surface area contributed by atoms with Gasteiger partial charge in [-0.3, -0.25) is 4.79 Å². The lowest BCUT2D eigenvalue weighted by Gasteiger charge is -2.15. The van der Waals surface area contributed by atoms with Crippen LogP contribution in [-0.2, 0) is 11.2 Å². The number of hydrogen-bond acceptors (Lipinski definition) is 5. The van der Waals surface area contributed by atoms with Crippen LogP contribution < -0.4 is 10.6 Å². The zero-order chi connectivity index (χ0) is 24.4. The molecule has 7 nitrogen and oxygen atoms in total. The molecule has 3 N–H and O–H groups in total. The van der Waals surface area contributed by atoms with Crippen molar-refractivity contribution in [3.63, 3.8) is 0 Å². The molecule has 1 aliphatic carbocycles. The van der Waals surface area contributed by atoms with Crippen molar-refractivity contribution in [2.75, 3.05) is 5.32 Å². The fourth-order valence-corrected chi connectivity index (χ4v) is 4.05. The number of aryl methyl sites for hydroxylation is 1. The van der Waals surface area contributed by atoms with Gasteiger partial charge in [-0.05, 0) is 66.3 Å². The van der Waals surface area contributed by atoms with E-state index in [-0.39, 0.29) is 11.9 Å². The molecule has 1 atom stereocenters. The number of carbonyl (C=O) groups excluding carboxylic acids is 1. The number of carboxylic acids is 1. The second-order valence-electron chi connectivity index (χ2n) is 8.97. The maximum atomic E-state index is 12.5. The standard InChI is InChI=1S/C28H26N4O3/c1-17-7-8-20(26(33)30-22-10-11-22)15-23(17)19-9-12-24-21(14-19)16-29-28(31-24)32-25(27(34)35)13-18-5-3-2-4-6-18/h2-9,12,14-16,22,25H,10-11,13H2,1H3,(H,30,33)(H,34,35)(H,29,31,32)/t25-/m0/s1. The summed E-state index contributed by atoms with van der Waals surface area (Å²) in [6, 6.07) is 20.5. The first-order valence-electron chi connectivity index (χ1n) is 11.7. The minimum Gasteiger partial charge on any atom is -0.480 e. The van der Waals surface area contributed by atoms with Crippen molar-refractivity contribution in [1.82, 2.24) is 15.3 Å². The van der Waals surface area contributed by atoms with Gasteiger partial charge in [0, 0.05) is 29.6 Å². The Hall–Kier alpha value is -4.26. The van der Waals surface area contributed by atoms with Crippen molar-refractivity contribution in [3.8, 4) is 11.1 Å². The number of aromatic nitrogens is 2. The van der Waals surface area contributed by atoms with Crippen LogP contribution in [0.5, 0.6) is 0 Å². The molecule has 1 aromatic heterocycles. The fourth-order valence-electron chi connectivity index (χ4n) is 4.05. The van der Waals surface area contributed by atoms with Crippen molar-refractivity contribution >= 4 is 28.7 Å². The molecule has 5 rings (SSSR count). The molecule has 176 valence electrons. The summed E-state index contributed by atoms with van der Waals surface area (Å²) in [5.41, 5.74) is 5.28. The fraction of sp³-hybridized carbons (Fsp3) is 0.214. The van der Waals surface area contributed by atoms with E-state index >= 15 is 0 Å². The van der Waals surface area contributed by atoms with Gasteiger partial charge in [0.15, 0.2) is 0 Å². The lowest BCUT2D eigenvalue weighted by atomic mass is 9.97. The molecule has 1 aliphatic rings. The summed E-state index contributed by atoms with van der Waals surface area (Å²) in [5, 5.41) is 16.5. The van der Waals surface area contributed by atoms with E-state index in [0.717, 1.165) is 40.5 Å². The van der Waals surface area contributed by atoms with Crippen LogP contribution >= 0.6 is 0 Å². The molecule has 0 unspecified atom stereocenters. The lowest BCUT2D eigenvalue weighted by molar-refractivity contribution is -0.137. The Morgan fingerprint density at radius 2 is 1.86 bits per heavy atom. The Morgan fingerprint density at radius 3 is 2.60 bits per heavy atom. The number of amides is 1. The van der Waals surface area contributed by atoms with Gasteiger partial charge in [0.2, 0.25) is 5.95 Å². The highest BCUT2D eigenvalue weighted by atomic mass is 16.4. The summed E-state index contributed by atoms with van der Waals surface area (Å²) in [6.45, 7) is 2.02. The number of rotatable bonds is 8. The van der Waals surface area contributed by atoms with Crippen molar-refractivity contribution in [2.24, 2.45) is 0 Å². The molecule has 0 aliphatic heterocycles. The molecule has 4 aromatic rings. The van der Waals surface area contributed by atoms with Crippen molar-refractivity contribution in [3.05, 3.63) is 89.6 Å². The molecule has 1 amide bonds. The summed E-state index contributed by atoms with van der Waals surface area (Å²) in [7, 11) is 0. The van der Waals surface area contributed by atoms with E-state index in [9.17, 15) is 14.7 Å². The molecular weight excluding hydrogens is 440 g/mol. The van der Waals surface area contributed by atoms with Gasteiger partial charge in [-0.25, -0.2) is 14.8 Å². The van der Waals surface area contributed by atoms with Crippen LogP contribution in [0.3, 0.4) is 0 Å². The summed E-state index contributed by atoms with van der Waals surface area (Å²) in [4.78, 5) is 33.2. The number of anilines is 1. The molecule has 1 saturated carbocycles. The highest BCUT2D eigenvalue weighted by Crippen LogP contribution is 2.28. The van der Waals surface area contributed by atoms with Crippen LogP contribution in [0.1, 0.15) is 34.3 Å². The molecule has 1 heterocycles. The Balaban J connectivity index is 1.38. The predicted molar refractivity (Wildman–Crippen MR) is 135 cm³/mol. The van der Waals surface area contributed by atoms with E-state index in [1.807, 2.05) is 73.7 Å². The molecule has 0 saturated heterocycles. The average Bonchev–Trinajstić information content (AvgIpc) is 3.68. The van der Waals surface area contributed by atoms with E-state index in [1.54, 1.807) is 6.20 Å². The van der Waals surface area contributed by atoms with Crippen LogP contribution in [0.25, 0.3) is 22.0 Å². The number of aliphatic carboxylic acids is 1. The second-order valence-corrected chi connectivity index (χ2v) is 8.97. The van der Waals surface area contributed by atoms with Gasteiger partial charge in [-0.2, -0.15) is 0 Å². The second kappa shape index (κ2) is 9.54. The molecule has 0 radical (unpaired) electrons. The summed E-state index contributed by atoms with van der Waals surface area (Å²) in [6.07, 6.45) is 4.10. The number of benzene rings is 3. The Kier molecular flexibility index (Phi) is 6.14. The molecule has 3 aromatic carbocycles. The highest BCUT2D eigenvalue weighted by Gasteiger charge is 2.24. The maximum absolute atomic E-state index is 12.5. The molecular formula is C28H26N4O3. The van der Waals surface area contributed by atoms with Gasteiger partial charge in [0.25, 0.3) is 5.91 Å². The average molecular weight is 467 g/mol. The van der Waals surface area contributed by atoms with E-state index in [2.05, 4.69) is 20.6 Å². The number of hydrogen-bond donors (Lipinski definition) is 3. The predicted octanol–water partition coefficient (Wildman–Crippen LogP) is 4.61. The monoisotopic (exact) mass is 466 g/mol. The molecule has 0 spiro atoms. The Labute approximate surface area is 203 Å². The number of nitrogens with one attached hydrogen (secondary N) is 2. The first-order valence-corrected chi connectivity index (χ1v) is 11.7. The lowest BCUT2D eigenvalue weighted by Crippen LogP contribution is -2.32. The Bertz CT molecular complexity index is 1400. The summed E-state index contributed by atoms with van der Waals surface area (Å²) >= 11 is 0.